The summed E-state index contributed by atoms with van der Waals surface area (Å²) in [7, 11) is 0. The number of rotatable bonds is 6. The first-order chi connectivity index (χ1) is 9.16. The van der Waals surface area contributed by atoms with Crippen molar-refractivity contribution >= 4 is 11.8 Å². The molecule has 6 nitrogen and oxygen atoms in total. The van der Waals surface area contributed by atoms with Crippen LogP contribution in [0.3, 0.4) is 0 Å². The Bertz CT molecular complexity index is 426. The Morgan fingerprint density at radius 2 is 2.11 bits per heavy atom. The lowest BCUT2D eigenvalue weighted by Crippen LogP contribution is -2.40. The summed E-state index contributed by atoms with van der Waals surface area (Å²) in [5.41, 5.74) is 0. The first-order valence-electron chi connectivity index (χ1n) is 6.43. The lowest BCUT2D eigenvalue weighted by atomic mass is 10.2. The van der Waals surface area contributed by atoms with Gasteiger partial charge < -0.3 is 20.2 Å². The SMILES string of the molecule is O=C(NCC[C@@H](O)C1CC1)C(=O)NCc1ccco1. The van der Waals surface area contributed by atoms with Crippen LogP contribution in [0.4, 0.5) is 0 Å². The molecule has 1 aromatic heterocycles. The van der Waals surface area contributed by atoms with Crippen molar-refractivity contribution in [1.29, 1.82) is 0 Å². The van der Waals surface area contributed by atoms with Crippen molar-refractivity contribution in [3.05, 3.63) is 24.2 Å². The molecule has 2 rings (SSSR count). The maximum Gasteiger partial charge on any atom is 0.309 e. The molecule has 1 atom stereocenters. The second kappa shape index (κ2) is 6.38. The van der Waals surface area contributed by atoms with E-state index in [4.69, 9.17) is 4.42 Å². The van der Waals surface area contributed by atoms with E-state index in [9.17, 15) is 14.7 Å². The van der Waals surface area contributed by atoms with Gasteiger partial charge in [0.1, 0.15) is 5.76 Å². The van der Waals surface area contributed by atoms with Crippen molar-refractivity contribution in [2.24, 2.45) is 5.92 Å². The zero-order valence-electron chi connectivity index (χ0n) is 10.6. The Kier molecular flexibility index (Phi) is 4.57. The molecule has 0 spiro atoms. The van der Waals surface area contributed by atoms with Gasteiger partial charge in [0.2, 0.25) is 0 Å². The summed E-state index contributed by atoms with van der Waals surface area (Å²) < 4.78 is 5.03. The smallest absolute Gasteiger partial charge is 0.309 e. The molecule has 1 aliphatic carbocycles. The number of aliphatic hydroxyl groups excluding tert-OH is 1. The molecule has 6 heteroatoms. The molecule has 0 aliphatic heterocycles. The van der Waals surface area contributed by atoms with Crippen molar-refractivity contribution < 1.29 is 19.1 Å². The van der Waals surface area contributed by atoms with Gasteiger partial charge in [0, 0.05) is 6.54 Å². The van der Waals surface area contributed by atoms with Gasteiger partial charge in [0.15, 0.2) is 0 Å². The number of carbonyl (C=O) groups excluding carboxylic acids is 2. The monoisotopic (exact) mass is 266 g/mol. The zero-order valence-corrected chi connectivity index (χ0v) is 10.6. The Hall–Kier alpha value is -1.82. The number of hydrogen-bond acceptors (Lipinski definition) is 4. The fourth-order valence-corrected chi connectivity index (χ4v) is 1.79. The van der Waals surface area contributed by atoms with E-state index in [0.717, 1.165) is 12.8 Å². The van der Waals surface area contributed by atoms with Crippen LogP contribution in [0, 0.1) is 5.92 Å². The van der Waals surface area contributed by atoms with E-state index in [2.05, 4.69) is 10.6 Å². The average molecular weight is 266 g/mol. The summed E-state index contributed by atoms with van der Waals surface area (Å²) in [4.78, 5) is 22.9. The third-order valence-electron chi connectivity index (χ3n) is 3.10. The summed E-state index contributed by atoms with van der Waals surface area (Å²) >= 11 is 0. The van der Waals surface area contributed by atoms with Crippen molar-refractivity contribution in [3.63, 3.8) is 0 Å². The van der Waals surface area contributed by atoms with E-state index < -0.39 is 11.8 Å². The largest absolute Gasteiger partial charge is 0.467 e. The highest BCUT2D eigenvalue weighted by atomic mass is 16.3. The molecule has 1 saturated carbocycles. The van der Waals surface area contributed by atoms with Crippen molar-refractivity contribution in [3.8, 4) is 0 Å². The van der Waals surface area contributed by atoms with Gasteiger partial charge in [-0.2, -0.15) is 0 Å². The first kappa shape index (κ1) is 13.6. The summed E-state index contributed by atoms with van der Waals surface area (Å²) in [6, 6.07) is 3.42. The summed E-state index contributed by atoms with van der Waals surface area (Å²) in [5, 5.41) is 14.5. The Morgan fingerprint density at radius 3 is 2.74 bits per heavy atom. The third-order valence-corrected chi connectivity index (χ3v) is 3.10. The fourth-order valence-electron chi connectivity index (χ4n) is 1.79. The van der Waals surface area contributed by atoms with E-state index in [0.29, 0.717) is 24.6 Å². The number of nitrogens with one attached hydrogen (secondary N) is 2. The minimum Gasteiger partial charge on any atom is -0.467 e. The molecule has 3 N–H and O–H groups in total. The number of carbonyl (C=O) groups is 2. The Labute approximate surface area is 111 Å². The van der Waals surface area contributed by atoms with Gasteiger partial charge in [-0.25, -0.2) is 0 Å². The molecule has 1 fully saturated rings. The van der Waals surface area contributed by atoms with Crippen LogP contribution in [0.5, 0.6) is 0 Å². The summed E-state index contributed by atoms with van der Waals surface area (Å²) in [5.74, 6) is -0.415. The van der Waals surface area contributed by atoms with Crippen LogP contribution in [0.2, 0.25) is 0 Å². The Balaban J connectivity index is 1.60. The van der Waals surface area contributed by atoms with Crippen LogP contribution in [-0.4, -0.2) is 29.6 Å². The number of amides is 2. The van der Waals surface area contributed by atoms with E-state index in [-0.39, 0.29) is 12.6 Å². The lowest BCUT2D eigenvalue weighted by molar-refractivity contribution is -0.139. The van der Waals surface area contributed by atoms with Gasteiger partial charge in [-0.05, 0) is 37.3 Å². The molecular weight excluding hydrogens is 248 g/mol. The zero-order chi connectivity index (χ0) is 13.7. The second-order valence-electron chi connectivity index (χ2n) is 4.71. The highest BCUT2D eigenvalue weighted by molar-refractivity contribution is 6.35. The maximum atomic E-state index is 11.4. The molecule has 0 unspecified atom stereocenters. The normalized spacial score (nSPS) is 15.8. The quantitative estimate of drug-likeness (QED) is 0.640. The van der Waals surface area contributed by atoms with Gasteiger partial charge in [-0.3, -0.25) is 9.59 Å². The van der Waals surface area contributed by atoms with Crippen LogP contribution < -0.4 is 10.6 Å². The maximum absolute atomic E-state index is 11.4. The van der Waals surface area contributed by atoms with Crippen LogP contribution in [0.1, 0.15) is 25.0 Å². The van der Waals surface area contributed by atoms with Crippen molar-refractivity contribution in [2.75, 3.05) is 6.54 Å². The number of furan rings is 1. The minimum atomic E-state index is -0.697. The summed E-state index contributed by atoms with van der Waals surface area (Å²) in [6.45, 7) is 0.495. The van der Waals surface area contributed by atoms with Gasteiger partial charge in [-0.1, -0.05) is 0 Å². The van der Waals surface area contributed by atoms with Gasteiger partial charge in [0.25, 0.3) is 0 Å². The molecule has 0 saturated heterocycles. The predicted molar refractivity (Wildman–Crippen MR) is 66.9 cm³/mol. The van der Waals surface area contributed by atoms with Gasteiger partial charge >= 0.3 is 11.8 Å². The molecule has 1 aromatic rings. The molecular formula is C13H18N2O4. The molecule has 1 heterocycles. The molecule has 1 aliphatic rings. The second-order valence-corrected chi connectivity index (χ2v) is 4.71. The molecule has 19 heavy (non-hydrogen) atoms. The molecule has 0 bridgehead atoms. The average Bonchev–Trinajstić information content (AvgIpc) is 3.13. The van der Waals surface area contributed by atoms with E-state index >= 15 is 0 Å². The van der Waals surface area contributed by atoms with Crippen LogP contribution >= 0.6 is 0 Å². The highest BCUT2D eigenvalue weighted by Crippen LogP contribution is 2.33. The lowest BCUT2D eigenvalue weighted by Gasteiger charge is -2.09. The molecule has 0 radical (unpaired) electrons. The molecule has 2 amide bonds. The topological polar surface area (TPSA) is 91.6 Å². The third kappa shape index (κ3) is 4.40. The highest BCUT2D eigenvalue weighted by Gasteiger charge is 2.29. The van der Waals surface area contributed by atoms with Gasteiger partial charge in [0.05, 0.1) is 18.9 Å². The van der Waals surface area contributed by atoms with Gasteiger partial charge in [-0.15, -0.1) is 0 Å². The standard InChI is InChI=1S/C13H18N2O4/c16-11(9-3-4-9)5-6-14-12(17)13(18)15-8-10-2-1-7-19-10/h1-2,7,9,11,16H,3-6,8H2,(H,14,17)(H,15,18)/t11-/m1/s1. The minimum absolute atomic E-state index is 0.184. The van der Waals surface area contributed by atoms with Crippen molar-refractivity contribution in [1.82, 2.24) is 10.6 Å². The van der Waals surface area contributed by atoms with Crippen LogP contribution in [0.15, 0.2) is 22.8 Å². The fraction of sp³-hybridized carbons (Fsp3) is 0.538. The predicted octanol–water partition coefficient (Wildman–Crippen LogP) is 0.173. The number of hydrogen-bond donors (Lipinski definition) is 3. The number of aliphatic hydroxyl groups is 1. The van der Waals surface area contributed by atoms with Crippen LogP contribution in [0.25, 0.3) is 0 Å². The van der Waals surface area contributed by atoms with Crippen LogP contribution in [-0.2, 0) is 16.1 Å². The van der Waals surface area contributed by atoms with Crippen molar-refractivity contribution in [2.45, 2.75) is 31.9 Å². The van der Waals surface area contributed by atoms with E-state index in [1.807, 2.05) is 0 Å². The van der Waals surface area contributed by atoms with E-state index in [1.54, 1.807) is 12.1 Å². The Morgan fingerprint density at radius 1 is 1.37 bits per heavy atom. The molecule has 104 valence electrons. The first-order valence-corrected chi connectivity index (χ1v) is 6.43. The van der Waals surface area contributed by atoms with E-state index in [1.165, 1.54) is 6.26 Å². The summed E-state index contributed by atoms with van der Waals surface area (Å²) in [6.07, 6.45) is 3.73. The molecule has 0 aromatic carbocycles.